The number of carbonyl (C=O) groups excluding carboxylic acids is 1. The average Bonchev–Trinajstić information content (AvgIpc) is 2.50. The Labute approximate surface area is 135 Å². The van der Waals surface area contributed by atoms with Gasteiger partial charge in [-0.25, -0.2) is 0 Å². The molecule has 0 saturated carbocycles. The molecule has 0 fully saturated rings. The Morgan fingerprint density at radius 3 is 2.38 bits per heavy atom. The molecule has 0 atom stereocenters. The van der Waals surface area contributed by atoms with E-state index in [0.717, 1.165) is 21.8 Å². The minimum absolute atomic E-state index is 0.273. The second-order valence-corrected chi connectivity index (χ2v) is 6.56. The van der Waals surface area contributed by atoms with Crippen molar-refractivity contribution in [2.45, 2.75) is 51.9 Å². The zero-order valence-electron chi connectivity index (χ0n) is 12.7. The molecule has 0 heterocycles. The van der Waals surface area contributed by atoms with Crippen molar-refractivity contribution in [3.05, 3.63) is 46.4 Å². The van der Waals surface area contributed by atoms with Crippen molar-refractivity contribution in [3.63, 3.8) is 0 Å². The van der Waals surface area contributed by atoms with E-state index in [2.05, 4.69) is 35.0 Å². The van der Waals surface area contributed by atoms with Crippen LogP contribution in [0.1, 0.15) is 62.2 Å². The Morgan fingerprint density at radius 1 is 0.905 bits per heavy atom. The molecule has 2 aromatic rings. The van der Waals surface area contributed by atoms with Crippen LogP contribution in [-0.2, 0) is 0 Å². The molecule has 0 aliphatic heterocycles. The van der Waals surface area contributed by atoms with Crippen molar-refractivity contribution in [1.82, 2.24) is 0 Å². The van der Waals surface area contributed by atoms with Gasteiger partial charge in [0, 0.05) is 16.5 Å². The number of hydrogen-bond donors (Lipinski definition) is 0. The van der Waals surface area contributed by atoms with Gasteiger partial charge in [0.05, 0.1) is 0 Å². The largest absolute Gasteiger partial charge is 0.294 e. The summed E-state index contributed by atoms with van der Waals surface area (Å²) >= 11 is 3.47. The Morgan fingerprint density at radius 2 is 1.57 bits per heavy atom. The highest BCUT2D eigenvalue weighted by atomic mass is 79.9. The maximum Gasteiger partial charge on any atom is 0.162 e. The van der Waals surface area contributed by atoms with Crippen LogP contribution in [0.25, 0.3) is 10.8 Å². The lowest BCUT2D eigenvalue weighted by Crippen LogP contribution is -1.98. The summed E-state index contributed by atoms with van der Waals surface area (Å²) in [6, 6.07) is 12.2. The summed E-state index contributed by atoms with van der Waals surface area (Å²) in [5.41, 5.74) is 0.846. The quantitative estimate of drug-likeness (QED) is 0.392. The lowest BCUT2D eigenvalue weighted by Gasteiger charge is -2.04. The van der Waals surface area contributed by atoms with Crippen molar-refractivity contribution in [1.29, 1.82) is 0 Å². The van der Waals surface area contributed by atoms with Crippen LogP contribution in [0.4, 0.5) is 0 Å². The summed E-state index contributed by atoms with van der Waals surface area (Å²) in [5, 5.41) is 2.30. The van der Waals surface area contributed by atoms with Gasteiger partial charge in [-0.05, 0) is 35.4 Å². The predicted octanol–water partition coefficient (Wildman–Crippen LogP) is 6.54. The van der Waals surface area contributed by atoms with Gasteiger partial charge in [-0.1, -0.05) is 73.2 Å². The van der Waals surface area contributed by atoms with Gasteiger partial charge >= 0.3 is 0 Å². The monoisotopic (exact) mass is 346 g/mol. The molecule has 0 bridgehead atoms. The number of rotatable bonds is 8. The van der Waals surface area contributed by atoms with Crippen LogP contribution >= 0.6 is 15.9 Å². The maximum absolute atomic E-state index is 12.2. The van der Waals surface area contributed by atoms with Crippen LogP contribution in [0.2, 0.25) is 0 Å². The van der Waals surface area contributed by atoms with Gasteiger partial charge in [-0.3, -0.25) is 4.79 Å². The summed E-state index contributed by atoms with van der Waals surface area (Å²) in [7, 11) is 0. The first-order chi connectivity index (χ1) is 10.2. The number of ketones is 1. The van der Waals surface area contributed by atoms with Crippen molar-refractivity contribution < 1.29 is 4.79 Å². The topological polar surface area (TPSA) is 17.1 Å². The summed E-state index contributed by atoms with van der Waals surface area (Å²) in [5.74, 6) is 0.273. The first-order valence-electron chi connectivity index (χ1n) is 7.93. The molecule has 0 spiro atoms. The van der Waals surface area contributed by atoms with Crippen molar-refractivity contribution in [2.24, 2.45) is 0 Å². The highest BCUT2D eigenvalue weighted by molar-refractivity contribution is 9.10. The molecule has 0 radical (unpaired) electrons. The molecule has 21 heavy (non-hydrogen) atoms. The molecule has 0 aromatic heterocycles. The summed E-state index contributed by atoms with van der Waals surface area (Å²) in [4.78, 5) is 12.2. The summed E-state index contributed by atoms with van der Waals surface area (Å²) < 4.78 is 1.07. The fourth-order valence-electron chi connectivity index (χ4n) is 2.60. The molecule has 2 heteroatoms. The van der Waals surface area contributed by atoms with E-state index in [0.29, 0.717) is 6.42 Å². The van der Waals surface area contributed by atoms with Gasteiger partial charge in [0.1, 0.15) is 0 Å². The van der Waals surface area contributed by atoms with E-state index < -0.39 is 0 Å². The first kappa shape index (κ1) is 16.2. The van der Waals surface area contributed by atoms with Gasteiger partial charge in [0.15, 0.2) is 5.78 Å². The summed E-state index contributed by atoms with van der Waals surface area (Å²) in [6.07, 6.45) is 8.00. The third-order valence-corrected chi connectivity index (χ3v) is 4.37. The van der Waals surface area contributed by atoms with Crippen LogP contribution < -0.4 is 0 Å². The van der Waals surface area contributed by atoms with E-state index >= 15 is 0 Å². The average molecular weight is 347 g/mol. The Kier molecular flexibility index (Phi) is 6.44. The lowest BCUT2D eigenvalue weighted by atomic mass is 10.0. The number of fused-ring (bicyclic) bond motifs is 1. The highest BCUT2D eigenvalue weighted by Crippen LogP contribution is 2.22. The minimum atomic E-state index is 0.273. The number of Topliss-reactive ketones (excluding diaryl/α,β-unsaturated/α-hetero) is 1. The van der Waals surface area contributed by atoms with Crippen molar-refractivity contribution in [3.8, 4) is 0 Å². The van der Waals surface area contributed by atoms with Gasteiger partial charge < -0.3 is 0 Å². The lowest BCUT2D eigenvalue weighted by molar-refractivity contribution is 0.0979. The van der Waals surface area contributed by atoms with Crippen LogP contribution in [-0.4, -0.2) is 5.78 Å². The molecule has 0 unspecified atom stereocenters. The molecule has 0 N–H and O–H groups in total. The van der Waals surface area contributed by atoms with Gasteiger partial charge in [-0.15, -0.1) is 0 Å². The van der Waals surface area contributed by atoms with Crippen LogP contribution in [0, 0.1) is 0 Å². The van der Waals surface area contributed by atoms with E-state index in [9.17, 15) is 4.79 Å². The van der Waals surface area contributed by atoms with E-state index in [-0.39, 0.29) is 5.78 Å². The van der Waals surface area contributed by atoms with Gasteiger partial charge in [-0.2, -0.15) is 0 Å². The van der Waals surface area contributed by atoms with E-state index in [1.807, 2.05) is 24.3 Å². The molecule has 0 aliphatic carbocycles. The Bertz CT molecular complexity index is 604. The van der Waals surface area contributed by atoms with E-state index in [1.165, 1.54) is 37.5 Å². The van der Waals surface area contributed by atoms with E-state index in [1.54, 1.807) is 0 Å². The molecule has 2 rings (SSSR count). The number of carbonyl (C=O) groups is 1. The van der Waals surface area contributed by atoms with Crippen molar-refractivity contribution in [2.75, 3.05) is 0 Å². The fourth-order valence-corrected chi connectivity index (χ4v) is 2.98. The van der Waals surface area contributed by atoms with Crippen LogP contribution in [0.5, 0.6) is 0 Å². The second-order valence-electron chi connectivity index (χ2n) is 5.65. The SMILES string of the molecule is CCCCCCCCC(=O)c1ccc2cc(Br)ccc2c1. The van der Waals surface area contributed by atoms with E-state index in [4.69, 9.17) is 0 Å². The Balaban J connectivity index is 1.89. The Hall–Kier alpha value is -1.15. The molecule has 112 valence electrons. The zero-order valence-corrected chi connectivity index (χ0v) is 14.3. The standard InChI is InChI=1S/C19H23BrO/c1-2-3-4-5-6-7-8-19(21)17-10-9-16-14-18(20)12-11-15(16)13-17/h9-14H,2-8H2,1H3. The third kappa shape index (κ3) is 4.96. The number of halogens is 1. The van der Waals surface area contributed by atoms with Crippen molar-refractivity contribution >= 4 is 32.5 Å². The number of unbranched alkanes of at least 4 members (excludes halogenated alkanes) is 5. The molecule has 0 amide bonds. The normalized spacial score (nSPS) is 11.0. The summed E-state index contributed by atoms with van der Waals surface area (Å²) in [6.45, 7) is 2.22. The molecular weight excluding hydrogens is 324 g/mol. The zero-order chi connectivity index (χ0) is 15.1. The fraction of sp³-hybridized carbons (Fsp3) is 0.421. The third-order valence-electron chi connectivity index (χ3n) is 3.88. The number of benzene rings is 2. The molecule has 2 aromatic carbocycles. The molecule has 0 saturated heterocycles. The molecular formula is C19H23BrO. The smallest absolute Gasteiger partial charge is 0.162 e. The van der Waals surface area contributed by atoms with Crippen LogP contribution in [0.3, 0.4) is 0 Å². The highest BCUT2D eigenvalue weighted by Gasteiger charge is 2.06. The second kappa shape index (κ2) is 8.33. The maximum atomic E-state index is 12.2. The number of hydrogen-bond acceptors (Lipinski definition) is 1. The van der Waals surface area contributed by atoms with Gasteiger partial charge in [0.2, 0.25) is 0 Å². The van der Waals surface area contributed by atoms with Gasteiger partial charge in [0.25, 0.3) is 0 Å². The molecule has 1 nitrogen and oxygen atoms in total. The molecule has 0 aliphatic rings. The first-order valence-corrected chi connectivity index (χ1v) is 8.72. The predicted molar refractivity (Wildman–Crippen MR) is 94.0 cm³/mol. The minimum Gasteiger partial charge on any atom is -0.294 e. The van der Waals surface area contributed by atoms with Crippen LogP contribution in [0.15, 0.2) is 40.9 Å².